The van der Waals surface area contributed by atoms with Crippen molar-refractivity contribution in [2.24, 2.45) is 4.99 Å². The Hall–Kier alpha value is -4.35. The number of esters is 1. The van der Waals surface area contributed by atoms with Gasteiger partial charge >= 0.3 is 18.1 Å². The van der Waals surface area contributed by atoms with Gasteiger partial charge in [0.2, 0.25) is 0 Å². The van der Waals surface area contributed by atoms with E-state index in [0.29, 0.717) is 0 Å². The fourth-order valence-corrected chi connectivity index (χ4v) is 2.92. The molecular weight excluding hydrogens is 432 g/mol. The highest BCUT2D eigenvalue weighted by Gasteiger charge is 2.40. The summed E-state index contributed by atoms with van der Waals surface area (Å²) in [6.45, 7) is 0. The summed E-state index contributed by atoms with van der Waals surface area (Å²) in [5.41, 5.74) is -0.400. The summed E-state index contributed by atoms with van der Waals surface area (Å²) >= 11 is 0. The highest BCUT2D eigenvalue weighted by molar-refractivity contribution is 5.99. The van der Waals surface area contributed by atoms with Gasteiger partial charge in [-0.3, -0.25) is 10.1 Å². The normalized spacial score (nSPS) is 15.4. The number of halogens is 2. The van der Waals surface area contributed by atoms with Gasteiger partial charge in [-0.05, 0) is 29.8 Å². The van der Waals surface area contributed by atoms with E-state index in [4.69, 9.17) is 14.2 Å². The Morgan fingerprint density at radius 2 is 1.78 bits per heavy atom. The molecule has 0 fully saturated rings. The van der Waals surface area contributed by atoms with Crippen LogP contribution in [0.4, 0.5) is 19.3 Å². The molecule has 2 aromatic carbocycles. The van der Waals surface area contributed by atoms with Crippen molar-refractivity contribution in [3.05, 3.63) is 81.5 Å². The van der Waals surface area contributed by atoms with E-state index < -0.39 is 34.7 Å². The number of ether oxygens (including phenoxy) is 3. The minimum Gasteiger partial charge on any atom is -0.468 e. The number of rotatable bonds is 4. The van der Waals surface area contributed by atoms with Gasteiger partial charge in [0.1, 0.15) is 11.8 Å². The van der Waals surface area contributed by atoms with Gasteiger partial charge in [0.25, 0.3) is 5.69 Å². The van der Waals surface area contributed by atoms with Crippen LogP contribution in [0.5, 0.6) is 5.75 Å². The van der Waals surface area contributed by atoms with E-state index in [1.54, 1.807) is 0 Å². The number of amides is 1. The summed E-state index contributed by atoms with van der Waals surface area (Å²) < 4.78 is 42.5. The number of aliphatic imine (C=N–C) groups is 1. The zero-order valence-electron chi connectivity index (χ0n) is 16.7. The largest absolute Gasteiger partial charge is 0.468 e. The Bertz CT molecular complexity index is 1130. The summed E-state index contributed by atoms with van der Waals surface area (Å²) in [4.78, 5) is 40.2. The summed E-state index contributed by atoms with van der Waals surface area (Å²) in [7, 11) is 2.30. The minimum atomic E-state index is -1.34. The molecule has 0 saturated carbocycles. The van der Waals surface area contributed by atoms with Crippen LogP contribution < -0.4 is 4.74 Å². The first-order chi connectivity index (χ1) is 15.3. The van der Waals surface area contributed by atoms with Crippen molar-refractivity contribution in [1.82, 2.24) is 4.90 Å². The van der Waals surface area contributed by atoms with Gasteiger partial charge in [0, 0.05) is 18.3 Å². The Morgan fingerprint density at radius 1 is 1.09 bits per heavy atom. The molecule has 0 bridgehead atoms. The van der Waals surface area contributed by atoms with Crippen molar-refractivity contribution < 1.29 is 37.5 Å². The summed E-state index contributed by atoms with van der Waals surface area (Å²) in [5.74, 6) is -3.29. The smallest absolute Gasteiger partial charge is 0.424 e. The number of nitro groups is 1. The minimum absolute atomic E-state index is 0.00523. The maximum atomic E-state index is 13.9. The van der Waals surface area contributed by atoms with Gasteiger partial charge in [-0.2, -0.15) is 0 Å². The third-order valence-electron chi connectivity index (χ3n) is 4.39. The molecule has 0 N–H and O–H groups in total. The third kappa shape index (κ3) is 4.38. The molecule has 1 aliphatic heterocycles. The second-order valence-electron chi connectivity index (χ2n) is 6.26. The number of carbonyl (C=O) groups excluding carboxylic acids is 2. The summed E-state index contributed by atoms with van der Waals surface area (Å²) in [6.07, 6.45) is -0.0320. The van der Waals surface area contributed by atoms with Crippen LogP contribution in [-0.4, -0.2) is 42.1 Å². The van der Waals surface area contributed by atoms with E-state index in [9.17, 15) is 28.5 Å². The standard InChI is InChI=1S/C20H15F2N3O7/c1-30-18(26)14-10-23-19(31-2)24(17(14)11-3-8-15(21)16(22)9-11)20(27)32-13-6-4-12(5-7-13)25(28)29/h3-10,17H,1-2H3. The molecule has 0 aromatic heterocycles. The van der Waals surface area contributed by atoms with Crippen molar-refractivity contribution in [2.75, 3.05) is 14.2 Å². The molecular formula is C20H15F2N3O7. The number of hydrogen-bond acceptors (Lipinski definition) is 8. The van der Waals surface area contributed by atoms with Crippen LogP contribution in [0.25, 0.3) is 0 Å². The second kappa shape index (κ2) is 9.20. The van der Waals surface area contributed by atoms with Gasteiger partial charge in [0.05, 0.1) is 24.7 Å². The lowest BCUT2D eigenvalue weighted by molar-refractivity contribution is -0.384. The number of benzene rings is 2. The van der Waals surface area contributed by atoms with Crippen molar-refractivity contribution in [3.8, 4) is 5.75 Å². The van der Waals surface area contributed by atoms with E-state index in [-0.39, 0.29) is 28.6 Å². The molecule has 0 aliphatic carbocycles. The number of hydrogen-bond donors (Lipinski definition) is 0. The van der Waals surface area contributed by atoms with Crippen molar-refractivity contribution >= 4 is 23.8 Å². The molecule has 1 amide bonds. The average Bonchev–Trinajstić information content (AvgIpc) is 2.79. The van der Waals surface area contributed by atoms with E-state index in [2.05, 4.69) is 4.99 Å². The molecule has 1 heterocycles. The van der Waals surface area contributed by atoms with Crippen molar-refractivity contribution in [1.29, 1.82) is 0 Å². The topological polar surface area (TPSA) is 121 Å². The summed E-state index contributed by atoms with van der Waals surface area (Å²) in [5, 5.41) is 10.8. The van der Waals surface area contributed by atoms with Crippen LogP contribution >= 0.6 is 0 Å². The molecule has 0 radical (unpaired) electrons. The van der Waals surface area contributed by atoms with E-state index in [0.717, 1.165) is 42.5 Å². The molecule has 0 spiro atoms. The van der Waals surface area contributed by atoms with Gasteiger partial charge in [-0.1, -0.05) is 6.07 Å². The maximum absolute atomic E-state index is 13.9. The van der Waals surface area contributed by atoms with Crippen molar-refractivity contribution in [2.45, 2.75) is 6.04 Å². The molecule has 166 valence electrons. The lowest BCUT2D eigenvalue weighted by Gasteiger charge is -2.33. The molecule has 1 unspecified atom stereocenters. The number of non-ortho nitro benzene ring substituents is 1. The zero-order chi connectivity index (χ0) is 23.4. The fraction of sp³-hybridized carbons (Fsp3) is 0.150. The van der Waals surface area contributed by atoms with Gasteiger partial charge in [-0.25, -0.2) is 28.3 Å². The van der Waals surface area contributed by atoms with E-state index in [1.807, 2.05) is 0 Å². The second-order valence-corrected chi connectivity index (χ2v) is 6.26. The van der Waals surface area contributed by atoms with Gasteiger partial charge in [0.15, 0.2) is 11.6 Å². The molecule has 3 rings (SSSR count). The quantitative estimate of drug-likeness (QED) is 0.400. The monoisotopic (exact) mass is 447 g/mol. The molecule has 12 heteroatoms. The Morgan fingerprint density at radius 3 is 2.34 bits per heavy atom. The number of nitro benzene ring substituents is 1. The predicted octanol–water partition coefficient (Wildman–Crippen LogP) is 3.49. The molecule has 32 heavy (non-hydrogen) atoms. The Balaban J connectivity index is 2.03. The van der Waals surface area contributed by atoms with Gasteiger partial charge in [-0.15, -0.1) is 0 Å². The Labute approximate surface area is 179 Å². The first kappa shape index (κ1) is 22.3. The number of carbonyl (C=O) groups is 2. The van der Waals surface area contributed by atoms with Crippen LogP contribution in [0, 0.1) is 21.7 Å². The van der Waals surface area contributed by atoms with E-state index >= 15 is 0 Å². The van der Waals surface area contributed by atoms with E-state index in [1.165, 1.54) is 25.3 Å². The van der Waals surface area contributed by atoms with Gasteiger partial charge < -0.3 is 14.2 Å². The van der Waals surface area contributed by atoms with Crippen LogP contribution in [0.3, 0.4) is 0 Å². The van der Waals surface area contributed by atoms with Crippen LogP contribution in [-0.2, 0) is 14.3 Å². The molecule has 2 aromatic rings. The van der Waals surface area contributed by atoms with Crippen LogP contribution in [0.1, 0.15) is 11.6 Å². The average molecular weight is 447 g/mol. The number of nitrogens with zero attached hydrogens (tertiary/aromatic N) is 3. The molecule has 10 nitrogen and oxygen atoms in total. The first-order valence-corrected chi connectivity index (χ1v) is 8.87. The fourth-order valence-electron chi connectivity index (χ4n) is 2.92. The number of amidine groups is 1. The first-order valence-electron chi connectivity index (χ1n) is 8.87. The molecule has 1 atom stereocenters. The zero-order valence-corrected chi connectivity index (χ0v) is 16.7. The van der Waals surface area contributed by atoms with Crippen LogP contribution in [0.15, 0.2) is 59.2 Å². The SMILES string of the molecule is COC(=O)C1=CN=C(OC)N(C(=O)Oc2ccc([N+](=O)[O-])cc2)C1c1ccc(F)c(F)c1. The third-order valence-corrected chi connectivity index (χ3v) is 4.39. The summed E-state index contributed by atoms with van der Waals surface area (Å²) in [6, 6.07) is 5.78. The number of methoxy groups -OCH3 is 2. The molecule has 1 aliphatic rings. The highest BCUT2D eigenvalue weighted by Crippen LogP contribution is 2.34. The highest BCUT2D eigenvalue weighted by atomic mass is 19.2. The Kier molecular flexibility index (Phi) is 6.42. The predicted molar refractivity (Wildman–Crippen MR) is 105 cm³/mol. The lowest BCUT2D eigenvalue weighted by atomic mass is 9.97. The molecule has 0 saturated heterocycles. The van der Waals surface area contributed by atoms with Crippen molar-refractivity contribution in [3.63, 3.8) is 0 Å². The van der Waals surface area contributed by atoms with Crippen LogP contribution in [0.2, 0.25) is 0 Å². The lowest BCUT2D eigenvalue weighted by Crippen LogP contribution is -2.45. The maximum Gasteiger partial charge on any atom is 0.424 e.